The van der Waals surface area contributed by atoms with E-state index in [1.54, 1.807) is 0 Å². The van der Waals surface area contributed by atoms with Crippen molar-refractivity contribution in [2.45, 2.75) is 0 Å². The molecule has 0 fully saturated rings. The molecule has 4 N–H and O–H groups in total. The number of methoxy groups -OCH3 is 1. The molecule has 1 aromatic rings. The molecule has 0 aliphatic carbocycles. The number of nitrogens with one attached hydrogen (secondary N) is 1. The molecule has 13 heavy (non-hydrogen) atoms. The number of hydrogen-bond donors (Lipinski definition) is 3. The van der Waals surface area contributed by atoms with Crippen molar-refractivity contribution in [3.8, 4) is 11.5 Å². The van der Waals surface area contributed by atoms with Crippen LogP contribution in [-0.4, -0.2) is 18.1 Å². The first kappa shape index (κ1) is 9.34. The maximum absolute atomic E-state index is 11.1. The molecule has 70 valence electrons. The number of nitrogen functional groups attached to an aromatic ring is 1. The fraction of sp³-hybridized carbons (Fsp3) is 0.125. The zero-order chi connectivity index (χ0) is 9.84. The van der Waals surface area contributed by atoms with E-state index in [0.717, 1.165) is 0 Å². The van der Waals surface area contributed by atoms with Gasteiger partial charge in [-0.15, -0.1) is 0 Å². The number of hydrogen-bond acceptors (Lipinski definition) is 4. The van der Waals surface area contributed by atoms with E-state index in [4.69, 9.17) is 15.7 Å². The average Bonchev–Trinajstić information content (AvgIpc) is 2.16. The Balaban J connectivity index is 3.13. The number of amides is 1. The number of phenols is 1. The highest BCUT2D eigenvalue weighted by Gasteiger charge is 2.10. The lowest BCUT2D eigenvalue weighted by Crippen LogP contribution is -2.30. The van der Waals surface area contributed by atoms with Gasteiger partial charge in [-0.2, -0.15) is 0 Å². The normalized spacial score (nSPS) is 9.38. The summed E-state index contributed by atoms with van der Waals surface area (Å²) >= 11 is 0. The van der Waals surface area contributed by atoms with Gasteiger partial charge in [-0.3, -0.25) is 10.2 Å². The number of nitrogens with two attached hydrogens (primary N) is 1. The Kier molecular flexibility index (Phi) is 2.71. The number of carbonyl (C=O) groups is 1. The van der Waals surface area contributed by atoms with Gasteiger partial charge in [0.1, 0.15) is 11.5 Å². The third-order valence-electron chi connectivity index (χ3n) is 1.56. The molecule has 0 saturated carbocycles. The standard InChI is InChI=1S/C8H10N2O3/c1-13-7-4-5(11)2-3-6(7)8(12)10-9/h2-4,11H,9H2,1H3,(H,10,12). The van der Waals surface area contributed by atoms with Crippen molar-refractivity contribution < 1.29 is 14.6 Å². The molecule has 5 heteroatoms. The highest BCUT2D eigenvalue weighted by Crippen LogP contribution is 2.23. The van der Waals surface area contributed by atoms with E-state index in [1.807, 2.05) is 5.43 Å². The second-order valence-corrected chi connectivity index (χ2v) is 2.36. The summed E-state index contributed by atoms with van der Waals surface area (Å²) in [6.45, 7) is 0. The smallest absolute Gasteiger partial charge is 0.268 e. The van der Waals surface area contributed by atoms with E-state index in [2.05, 4.69) is 0 Å². The number of carbonyl (C=O) groups excluding carboxylic acids is 1. The fourth-order valence-electron chi connectivity index (χ4n) is 0.945. The summed E-state index contributed by atoms with van der Waals surface area (Å²) in [5.74, 6) is 4.80. The highest BCUT2D eigenvalue weighted by molar-refractivity contribution is 5.96. The molecule has 0 bridgehead atoms. The first-order chi connectivity index (χ1) is 6.19. The van der Waals surface area contributed by atoms with Gasteiger partial charge in [0.2, 0.25) is 0 Å². The van der Waals surface area contributed by atoms with Crippen molar-refractivity contribution >= 4 is 5.91 Å². The number of phenolic OH excluding ortho intramolecular Hbond substituents is 1. The van der Waals surface area contributed by atoms with Crippen molar-refractivity contribution in [1.82, 2.24) is 5.43 Å². The minimum absolute atomic E-state index is 0.0328. The lowest BCUT2D eigenvalue weighted by Gasteiger charge is -2.06. The van der Waals surface area contributed by atoms with Crippen molar-refractivity contribution in [1.29, 1.82) is 0 Å². The van der Waals surface area contributed by atoms with E-state index in [9.17, 15) is 4.79 Å². The summed E-state index contributed by atoms with van der Waals surface area (Å²) in [6.07, 6.45) is 0. The maximum Gasteiger partial charge on any atom is 0.268 e. The minimum atomic E-state index is -0.461. The molecule has 0 spiro atoms. The molecule has 0 heterocycles. The van der Waals surface area contributed by atoms with E-state index in [-0.39, 0.29) is 17.1 Å². The third-order valence-corrected chi connectivity index (χ3v) is 1.56. The predicted octanol–water partition coefficient (Wildman–Crippen LogP) is 0.00430. The van der Waals surface area contributed by atoms with E-state index >= 15 is 0 Å². The Bertz CT molecular complexity index is 325. The summed E-state index contributed by atoms with van der Waals surface area (Å²) in [6, 6.07) is 4.15. The first-order valence-corrected chi connectivity index (χ1v) is 3.57. The van der Waals surface area contributed by atoms with Crippen LogP contribution in [0.1, 0.15) is 10.4 Å². The summed E-state index contributed by atoms with van der Waals surface area (Å²) < 4.78 is 4.87. The Morgan fingerprint density at radius 2 is 2.31 bits per heavy atom. The Morgan fingerprint density at radius 3 is 2.85 bits per heavy atom. The van der Waals surface area contributed by atoms with Crippen molar-refractivity contribution in [2.24, 2.45) is 5.84 Å². The van der Waals surface area contributed by atoms with Crippen LogP contribution in [0.25, 0.3) is 0 Å². The Hall–Kier alpha value is -1.75. The molecule has 0 aliphatic rings. The maximum atomic E-state index is 11.1. The van der Waals surface area contributed by atoms with Gasteiger partial charge in [0.05, 0.1) is 12.7 Å². The molecule has 1 rings (SSSR count). The molecule has 0 unspecified atom stereocenters. The Morgan fingerprint density at radius 1 is 1.62 bits per heavy atom. The van der Waals surface area contributed by atoms with Gasteiger partial charge in [-0.1, -0.05) is 0 Å². The molecule has 0 aliphatic heterocycles. The van der Waals surface area contributed by atoms with Crippen LogP contribution in [0.4, 0.5) is 0 Å². The second kappa shape index (κ2) is 3.77. The lowest BCUT2D eigenvalue weighted by molar-refractivity contribution is 0.0950. The van der Waals surface area contributed by atoms with Gasteiger partial charge in [0.25, 0.3) is 5.91 Å². The number of aromatic hydroxyl groups is 1. The molecule has 0 radical (unpaired) electrons. The second-order valence-electron chi connectivity index (χ2n) is 2.36. The number of rotatable bonds is 2. The van der Waals surface area contributed by atoms with Gasteiger partial charge in [0.15, 0.2) is 0 Å². The van der Waals surface area contributed by atoms with Crippen LogP contribution in [0, 0.1) is 0 Å². The van der Waals surface area contributed by atoms with Crippen molar-refractivity contribution in [2.75, 3.05) is 7.11 Å². The number of benzene rings is 1. The van der Waals surface area contributed by atoms with Gasteiger partial charge in [0, 0.05) is 6.07 Å². The van der Waals surface area contributed by atoms with E-state index in [1.165, 1.54) is 25.3 Å². The van der Waals surface area contributed by atoms with Gasteiger partial charge >= 0.3 is 0 Å². The number of hydrazine groups is 1. The third kappa shape index (κ3) is 1.88. The zero-order valence-corrected chi connectivity index (χ0v) is 7.07. The SMILES string of the molecule is COc1cc(O)ccc1C(=O)NN. The van der Waals surface area contributed by atoms with Crippen LogP contribution in [0.3, 0.4) is 0 Å². The molecule has 1 amide bonds. The van der Waals surface area contributed by atoms with Crippen LogP contribution in [0.2, 0.25) is 0 Å². The summed E-state index contributed by atoms with van der Waals surface area (Å²) in [5.41, 5.74) is 2.26. The summed E-state index contributed by atoms with van der Waals surface area (Å²) in [4.78, 5) is 11.1. The quantitative estimate of drug-likeness (QED) is 0.341. The zero-order valence-electron chi connectivity index (χ0n) is 7.07. The first-order valence-electron chi connectivity index (χ1n) is 3.57. The molecular formula is C8H10N2O3. The molecule has 0 aromatic heterocycles. The average molecular weight is 182 g/mol. The van der Waals surface area contributed by atoms with Crippen LogP contribution in [0.5, 0.6) is 11.5 Å². The minimum Gasteiger partial charge on any atom is -0.508 e. The molecule has 1 aromatic carbocycles. The van der Waals surface area contributed by atoms with Crippen LogP contribution in [-0.2, 0) is 0 Å². The van der Waals surface area contributed by atoms with Crippen LogP contribution >= 0.6 is 0 Å². The predicted molar refractivity (Wildman–Crippen MR) is 46.3 cm³/mol. The topological polar surface area (TPSA) is 84.6 Å². The summed E-state index contributed by atoms with van der Waals surface area (Å²) in [5, 5.41) is 9.08. The molecule has 0 atom stereocenters. The number of ether oxygens (including phenoxy) is 1. The largest absolute Gasteiger partial charge is 0.508 e. The van der Waals surface area contributed by atoms with Gasteiger partial charge in [-0.05, 0) is 12.1 Å². The lowest BCUT2D eigenvalue weighted by atomic mass is 10.2. The van der Waals surface area contributed by atoms with Gasteiger partial charge < -0.3 is 9.84 Å². The van der Waals surface area contributed by atoms with Crippen molar-refractivity contribution in [3.05, 3.63) is 23.8 Å². The summed E-state index contributed by atoms with van der Waals surface area (Å²) in [7, 11) is 1.40. The molecule has 0 saturated heterocycles. The van der Waals surface area contributed by atoms with Crippen molar-refractivity contribution in [3.63, 3.8) is 0 Å². The Labute approximate surface area is 75.1 Å². The van der Waals surface area contributed by atoms with E-state index < -0.39 is 5.91 Å². The molecule has 5 nitrogen and oxygen atoms in total. The van der Waals surface area contributed by atoms with Crippen LogP contribution in [0.15, 0.2) is 18.2 Å². The highest BCUT2D eigenvalue weighted by atomic mass is 16.5. The van der Waals surface area contributed by atoms with Crippen LogP contribution < -0.4 is 16.0 Å². The fourth-order valence-corrected chi connectivity index (χ4v) is 0.945. The van der Waals surface area contributed by atoms with Gasteiger partial charge in [-0.25, -0.2) is 5.84 Å². The molecular weight excluding hydrogens is 172 g/mol. The monoisotopic (exact) mass is 182 g/mol. The van der Waals surface area contributed by atoms with E-state index in [0.29, 0.717) is 0 Å².